The van der Waals surface area contributed by atoms with Crippen LogP contribution in [0, 0.1) is 0 Å². The Hall–Kier alpha value is -0.760. The summed E-state index contributed by atoms with van der Waals surface area (Å²) in [5.41, 5.74) is 0. The SMILES string of the molecule is CCCCCCCCCCCCCCCC/C=C/C(O)C(COP(=O)(O)OCC[N+](C)(C)C)NC(=O)CCCCCCCCCCCCCCCCCCC. The molecular formula is C46H94N2O6P+. The monoisotopic (exact) mass is 802 g/mol. The second-order valence-electron chi connectivity index (χ2n) is 17.5. The van der Waals surface area contributed by atoms with Crippen LogP contribution in [-0.2, 0) is 18.4 Å². The Bertz CT molecular complexity index is 911. The van der Waals surface area contributed by atoms with Gasteiger partial charge in [0.25, 0.3) is 0 Å². The average Bonchev–Trinajstić information content (AvgIpc) is 3.13. The molecule has 0 rings (SSSR count). The van der Waals surface area contributed by atoms with Gasteiger partial charge in [-0.25, -0.2) is 4.57 Å². The van der Waals surface area contributed by atoms with Crippen LogP contribution in [0.2, 0.25) is 0 Å². The van der Waals surface area contributed by atoms with E-state index in [0.29, 0.717) is 17.4 Å². The molecule has 0 radical (unpaired) electrons. The van der Waals surface area contributed by atoms with E-state index in [2.05, 4.69) is 19.2 Å². The van der Waals surface area contributed by atoms with Crippen LogP contribution in [0.3, 0.4) is 0 Å². The van der Waals surface area contributed by atoms with E-state index in [1.807, 2.05) is 27.2 Å². The first-order valence-corrected chi connectivity index (χ1v) is 25.1. The number of hydrogen-bond acceptors (Lipinski definition) is 5. The Morgan fingerprint density at radius 1 is 0.600 bits per heavy atom. The Labute approximate surface area is 342 Å². The molecule has 0 aromatic carbocycles. The van der Waals surface area contributed by atoms with Crippen LogP contribution in [-0.4, -0.2) is 73.4 Å². The van der Waals surface area contributed by atoms with Crippen molar-refractivity contribution in [2.24, 2.45) is 0 Å². The quantitative estimate of drug-likeness (QED) is 0.0245. The smallest absolute Gasteiger partial charge is 0.387 e. The summed E-state index contributed by atoms with van der Waals surface area (Å²) < 4.78 is 23.6. The first-order valence-electron chi connectivity index (χ1n) is 23.6. The van der Waals surface area contributed by atoms with Crippen molar-refractivity contribution in [2.75, 3.05) is 40.9 Å². The number of carbonyl (C=O) groups is 1. The zero-order valence-corrected chi connectivity index (χ0v) is 38.1. The number of allylic oxidation sites excluding steroid dienone is 1. The molecule has 8 nitrogen and oxygen atoms in total. The predicted octanol–water partition coefficient (Wildman–Crippen LogP) is 13.1. The maximum absolute atomic E-state index is 12.9. The van der Waals surface area contributed by atoms with E-state index in [9.17, 15) is 19.4 Å². The Kier molecular flexibility index (Phi) is 38.2. The highest BCUT2D eigenvalue weighted by molar-refractivity contribution is 7.47. The first kappa shape index (κ1) is 54.2. The van der Waals surface area contributed by atoms with Gasteiger partial charge in [0, 0.05) is 6.42 Å². The molecule has 3 N–H and O–H groups in total. The maximum atomic E-state index is 12.9. The average molecular weight is 802 g/mol. The number of nitrogens with one attached hydrogen (secondary N) is 1. The van der Waals surface area contributed by atoms with Gasteiger partial charge >= 0.3 is 7.82 Å². The number of quaternary nitrogens is 1. The summed E-state index contributed by atoms with van der Waals surface area (Å²) >= 11 is 0. The second kappa shape index (κ2) is 38.7. The molecule has 0 aliphatic rings. The first-order chi connectivity index (χ1) is 26.5. The molecular weight excluding hydrogens is 707 g/mol. The fourth-order valence-corrected chi connectivity index (χ4v) is 7.72. The van der Waals surface area contributed by atoms with Crippen molar-refractivity contribution in [1.82, 2.24) is 5.32 Å². The standard InChI is InChI=1S/C46H93N2O6P/c1-6-8-10-12-14-16-18-20-22-24-26-28-30-32-34-36-38-40-46(50)47-44(43-54-55(51,52)53-42-41-48(3,4)5)45(49)39-37-35-33-31-29-27-25-23-21-19-17-15-13-11-9-7-2/h37,39,44-45,49H,6-36,38,40-43H2,1-5H3,(H-,47,50,51,52)/p+1/b39-37+. The Morgan fingerprint density at radius 2 is 0.964 bits per heavy atom. The molecule has 3 unspecified atom stereocenters. The molecule has 0 aromatic rings. The molecule has 55 heavy (non-hydrogen) atoms. The van der Waals surface area contributed by atoms with Crippen molar-refractivity contribution in [3.05, 3.63) is 12.2 Å². The van der Waals surface area contributed by atoms with Gasteiger partial charge in [-0.1, -0.05) is 212 Å². The van der Waals surface area contributed by atoms with Crippen LogP contribution in [0.15, 0.2) is 12.2 Å². The van der Waals surface area contributed by atoms with Gasteiger partial charge in [0.05, 0.1) is 39.9 Å². The fourth-order valence-electron chi connectivity index (χ4n) is 6.98. The lowest BCUT2D eigenvalue weighted by Crippen LogP contribution is -2.45. The summed E-state index contributed by atoms with van der Waals surface area (Å²) in [6.45, 7) is 4.84. The number of rotatable bonds is 43. The zero-order valence-electron chi connectivity index (χ0n) is 37.2. The number of likely N-dealkylation sites (N-methyl/N-ethyl adjacent to an activating group) is 1. The minimum absolute atomic E-state index is 0.0647. The maximum Gasteiger partial charge on any atom is 0.472 e. The van der Waals surface area contributed by atoms with Gasteiger partial charge in [0.2, 0.25) is 5.91 Å². The lowest BCUT2D eigenvalue weighted by atomic mass is 10.0. The van der Waals surface area contributed by atoms with Crippen molar-refractivity contribution >= 4 is 13.7 Å². The number of hydrogen-bond donors (Lipinski definition) is 3. The van der Waals surface area contributed by atoms with Gasteiger partial charge in [-0.05, 0) is 19.3 Å². The third-order valence-electron chi connectivity index (χ3n) is 10.8. The molecule has 0 fully saturated rings. The molecule has 1 amide bonds. The fraction of sp³-hybridized carbons (Fsp3) is 0.935. The van der Waals surface area contributed by atoms with Crippen LogP contribution in [0.1, 0.15) is 226 Å². The molecule has 0 saturated carbocycles. The number of phosphoric acid groups is 1. The number of phosphoric ester groups is 1. The van der Waals surface area contributed by atoms with E-state index in [1.54, 1.807) is 6.08 Å². The third kappa shape index (κ3) is 41.2. The van der Waals surface area contributed by atoms with Gasteiger partial charge in [-0.2, -0.15) is 0 Å². The lowest BCUT2D eigenvalue weighted by Gasteiger charge is -2.25. The number of carbonyl (C=O) groups excluding carboxylic acids is 1. The number of unbranched alkanes of at least 4 members (excludes halogenated alkanes) is 30. The van der Waals surface area contributed by atoms with Crippen LogP contribution >= 0.6 is 7.82 Å². The lowest BCUT2D eigenvalue weighted by molar-refractivity contribution is -0.870. The van der Waals surface area contributed by atoms with Gasteiger partial charge in [0.15, 0.2) is 0 Å². The molecule has 0 aromatic heterocycles. The molecule has 3 atom stereocenters. The van der Waals surface area contributed by atoms with Gasteiger partial charge in [0.1, 0.15) is 13.2 Å². The molecule has 0 saturated heterocycles. The van der Waals surface area contributed by atoms with E-state index in [1.165, 1.54) is 173 Å². The van der Waals surface area contributed by atoms with Crippen LogP contribution in [0.25, 0.3) is 0 Å². The van der Waals surface area contributed by atoms with E-state index >= 15 is 0 Å². The summed E-state index contributed by atoms with van der Waals surface area (Å²) in [7, 11) is 1.58. The van der Waals surface area contributed by atoms with E-state index in [0.717, 1.165) is 32.1 Å². The number of amides is 1. The van der Waals surface area contributed by atoms with Crippen molar-refractivity contribution < 1.29 is 32.9 Å². The van der Waals surface area contributed by atoms with Gasteiger partial charge < -0.3 is 19.8 Å². The number of aliphatic hydroxyl groups is 1. The number of aliphatic hydroxyl groups excluding tert-OH is 1. The van der Waals surface area contributed by atoms with Crippen molar-refractivity contribution in [2.45, 2.75) is 238 Å². The van der Waals surface area contributed by atoms with Crippen molar-refractivity contribution in [3.63, 3.8) is 0 Å². The topological polar surface area (TPSA) is 105 Å². The summed E-state index contributed by atoms with van der Waals surface area (Å²) in [5.74, 6) is -0.173. The minimum Gasteiger partial charge on any atom is -0.387 e. The van der Waals surface area contributed by atoms with Crippen LogP contribution in [0.5, 0.6) is 0 Å². The minimum atomic E-state index is -4.33. The summed E-state index contributed by atoms with van der Waals surface area (Å²) in [5, 5.41) is 13.8. The van der Waals surface area contributed by atoms with Crippen LogP contribution < -0.4 is 5.32 Å². The van der Waals surface area contributed by atoms with Crippen LogP contribution in [0.4, 0.5) is 0 Å². The molecule has 0 heterocycles. The summed E-state index contributed by atoms with van der Waals surface area (Å²) in [4.78, 5) is 23.1. The Morgan fingerprint density at radius 3 is 1.35 bits per heavy atom. The second-order valence-corrected chi connectivity index (χ2v) is 18.9. The molecule has 0 aliphatic carbocycles. The normalized spacial score (nSPS) is 14.4. The summed E-state index contributed by atoms with van der Waals surface area (Å²) in [6, 6.07) is -0.839. The van der Waals surface area contributed by atoms with Crippen molar-refractivity contribution in [1.29, 1.82) is 0 Å². The van der Waals surface area contributed by atoms with Gasteiger partial charge in [-0.15, -0.1) is 0 Å². The van der Waals surface area contributed by atoms with Crippen molar-refractivity contribution in [3.8, 4) is 0 Å². The van der Waals surface area contributed by atoms with E-state index in [4.69, 9.17) is 9.05 Å². The zero-order chi connectivity index (χ0) is 40.7. The van der Waals surface area contributed by atoms with E-state index < -0.39 is 20.0 Å². The highest BCUT2D eigenvalue weighted by Gasteiger charge is 2.27. The third-order valence-corrected chi connectivity index (χ3v) is 11.7. The molecule has 0 bridgehead atoms. The highest BCUT2D eigenvalue weighted by Crippen LogP contribution is 2.43. The van der Waals surface area contributed by atoms with Gasteiger partial charge in [-0.3, -0.25) is 13.8 Å². The Balaban J connectivity index is 4.36. The highest BCUT2D eigenvalue weighted by atomic mass is 31.2. The largest absolute Gasteiger partial charge is 0.472 e. The molecule has 0 aliphatic heterocycles. The molecule has 9 heteroatoms. The number of nitrogens with zero attached hydrogens (tertiary/aromatic N) is 1. The molecule has 328 valence electrons. The van der Waals surface area contributed by atoms with E-state index in [-0.39, 0.29) is 19.1 Å². The predicted molar refractivity (Wildman–Crippen MR) is 235 cm³/mol. The molecule has 0 spiro atoms. The summed E-state index contributed by atoms with van der Waals surface area (Å²) in [6.07, 6.45) is 44.2.